The molecule has 90 heavy (non-hydrogen) atoms. The number of piperidine rings is 2. The van der Waals surface area contributed by atoms with E-state index in [1.807, 2.05) is 73.3 Å². The Kier molecular flexibility index (Phi) is 17.1. The fourth-order valence-corrected chi connectivity index (χ4v) is 17.6. The van der Waals surface area contributed by atoms with Gasteiger partial charge in [0.25, 0.3) is 5.91 Å². The lowest BCUT2D eigenvalue weighted by molar-refractivity contribution is -0.140. The average Bonchev–Trinajstić information content (AvgIpc) is 1.67. The van der Waals surface area contributed by atoms with Crippen molar-refractivity contribution in [3.05, 3.63) is 154 Å². The maximum Gasteiger partial charge on any atom is 0.324 e. The van der Waals surface area contributed by atoms with Gasteiger partial charge in [0.05, 0.1) is 17.3 Å². The number of aromatic nitrogens is 4. The highest BCUT2D eigenvalue weighted by Gasteiger charge is 2.53. The molecule has 9 heterocycles. The second-order valence-electron chi connectivity index (χ2n) is 25.5. The van der Waals surface area contributed by atoms with Crippen LogP contribution in [0.4, 0.5) is 27.5 Å². The molecule has 7 aliphatic rings. The number of imide groups is 1. The van der Waals surface area contributed by atoms with Crippen LogP contribution in [0.15, 0.2) is 128 Å². The number of nitrogens with one attached hydrogen (secondary N) is 5. The topological polar surface area (TPSA) is 183 Å². The van der Waals surface area contributed by atoms with Gasteiger partial charge in [-0.05, 0) is 148 Å². The predicted octanol–water partition coefficient (Wildman–Crippen LogP) is 13.8. The quantitative estimate of drug-likeness (QED) is 0.101. The molecule has 9 aromatic rings. The van der Waals surface area contributed by atoms with Gasteiger partial charge in [-0.1, -0.05) is 76.7 Å². The first-order chi connectivity index (χ1) is 43.3. The molecule has 4 aromatic heterocycles. The lowest BCUT2D eigenvalue weighted by Gasteiger charge is -2.56. The number of halogens is 4. The number of amides is 4. The summed E-state index contributed by atoms with van der Waals surface area (Å²) in [5.74, 6) is 0.707. The molecular formula is C68H76Cl4N12O5S. The largest absolute Gasteiger partial charge is 0.371 e. The van der Waals surface area contributed by atoms with Crippen LogP contribution in [-0.2, 0) is 19.6 Å². The zero-order valence-corrected chi connectivity index (χ0v) is 54.8. The van der Waals surface area contributed by atoms with E-state index < -0.39 is 15.6 Å². The third-order valence-corrected chi connectivity index (χ3v) is 22.6. The van der Waals surface area contributed by atoms with Crippen molar-refractivity contribution in [2.24, 2.45) is 0 Å². The number of nitrogens with zero attached hydrogens (tertiary/aromatic N) is 7. The number of urea groups is 1. The van der Waals surface area contributed by atoms with E-state index in [-0.39, 0.29) is 28.9 Å². The minimum Gasteiger partial charge on any atom is -0.371 e. The van der Waals surface area contributed by atoms with E-state index in [0.29, 0.717) is 55.0 Å². The Morgan fingerprint density at radius 2 is 0.922 bits per heavy atom. The molecule has 2 aliphatic carbocycles. The van der Waals surface area contributed by atoms with Crippen LogP contribution >= 0.6 is 46.4 Å². The number of benzene rings is 5. The van der Waals surface area contributed by atoms with Crippen molar-refractivity contribution in [1.29, 1.82) is 0 Å². The molecule has 16 rings (SSSR count). The Morgan fingerprint density at radius 1 is 0.511 bits per heavy atom. The number of hydrogen-bond acceptors (Lipinski definition) is 9. The minimum absolute atomic E-state index is 0.0367. The number of piperazine rings is 2. The lowest BCUT2D eigenvalue weighted by atomic mass is 9.73. The van der Waals surface area contributed by atoms with Crippen molar-refractivity contribution in [2.45, 2.75) is 93.7 Å². The number of carbonyl (C=O) groups excluding carboxylic acids is 3. The van der Waals surface area contributed by atoms with Gasteiger partial charge in [0, 0.05) is 191 Å². The number of aromatic amines is 4. The van der Waals surface area contributed by atoms with Crippen molar-refractivity contribution in [3.8, 4) is 0 Å². The van der Waals surface area contributed by atoms with E-state index in [4.69, 9.17) is 46.4 Å². The van der Waals surface area contributed by atoms with Crippen LogP contribution in [-0.4, -0.2) is 156 Å². The van der Waals surface area contributed by atoms with E-state index in [1.54, 1.807) is 23.2 Å². The van der Waals surface area contributed by atoms with Gasteiger partial charge >= 0.3 is 6.03 Å². The highest BCUT2D eigenvalue weighted by Crippen LogP contribution is 2.46. The fraction of sp³-hybridized carbons (Fsp3) is 0.397. The normalized spacial score (nSPS) is 19.8. The monoisotopic (exact) mass is 1310 g/mol. The van der Waals surface area contributed by atoms with E-state index in [2.05, 4.69) is 104 Å². The fourth-order valence-electron chi connectivity index (χ4n) is 15.4. The first-order valence-corrected chi connectivity index (χ1v) is 34.6. The summed E-state index contributed by atoms with van der Waals surface area (Å²) in [6.07, 6.45) is 19.1. The van der Waals surface area contributed by atoms with E-state index in [0.717, 1.165) is 126 Å². The van der Waals surface area contributed by atoms with Crippen LogP contribution in [0.2, 0.25) is 20.1 Å². The molecule has 17 nitrogen and oxygen atoms in total. The molecule has 5 aliphatic heterocycles. The van der Waals surface area contributed by atoms with Gasteiger partial charge in [0.1, 0.15) is 5.54 Å². The van der Waals surface area contributed by atoms with Crippen LogP contribution in [0.1, 0.15) is 82.6 Å². The number of likely N-dealkylation sites (N-methyl/N-ethyl adjacent to an activating group) is 1. The van der Waals surface area contributed by atoms with E-state index in [9.17, 15) is 22.8 Å². The summed E-state index contributed by atoms with van der Waals surface area (Å²) in [5, 5.41) is 10.1. The number of hydrogen-bond donors (Lipinski definition) is 5. The Labute approximate surface area is 544 Å². The molecule has 5 saturated heterocycles. The number of H-pyrrole nitrogens is 4. The smallest absolute Gasteiger partial charge is 0.324 e. The van der Waals surface area contributed by atoms with Gasteiger partial charge in [-0.3, -0.25) is 14.9 Å². The molecule has 0 unspecified atom stereocenters. The van der Waals surface area contributed by atoms with Crippen molar-refractivity contribution in [1.82, 2.24) is 39.4 Å². The summed E-state index contributed by atoms with van der Waals surface area (Å²) in [4.78, 5) is 61.9. The van der Waals surface area contributed by atoms with Crippen LogP contribution in [0.5, 0.6) is 0 Å². The number of anilines is 4. The Bertz CT molecular complexity index is 4260. The Balaban J connectivity index is 0.000000110. The predicted molar refractivity (Wildman–Crippen MR) is 366 cm³/mol. The van der Waals surface area contributed by atoms with Gasteiger partial charge in [0.15, 0.2) is 0 Å². The molecule has 2 saturated carbocycles. The molecule has 3 spiro atoms. The number of rotatable bonds is 6. The molecule has 472 valence electrons. The molecular weight excluding hydrogens is 1240 g/mol. The van der Waals surface area contributed by atoms with Crippen LogP contribution < -0.4 is 24.9 Å². The number of sulfonamides is 1. The maximum absolute atomic E-state index is 12.2. The molecule has 0 bridgehead atoms. The zero-order chi connectivity index (χ0) is 62.7. The Hall–Kier alpha value is -7.06. The van der Waals surface area contributed by atoms with Gasteiger partial charge in [-0.15, -0.1) is 0 Å². The third kappa shape index (κ3) is 11.8. The zero-order valence-electron chi connectivity index (χ0n) is 50.9. The average molecular weight is 1320 g/mol. The summed E-state index contributed by atoms with van der Waals surface area (Å²) < 4.78 is 26.0. The SMILES string of the molecule is CC(=O)N1CCN(c2cc(Cl)cc3[nH]ccc23)CC12CCC2.CN1C(=O)NC(=O)C12CCN(c1cc(Cl)cc3[nH]ccc13)CC2.CS(=O)(=O)N1CCN(c2cc(Cl)cc3[nH]ccc23)CC12CCC2.Clc1cc(N2CCC(c3ccccc3)CC2)c2cc[nH]c2c1. The molecule has 4 amide bonds. The summed E-state index contributed by atoms with van der Waals surface area (Å²) in [7, 11) is -1.47. The highest BCUT2D eigenvalue weighted by molar-refractivity contribution is 7.88. The minimum atomic E-state index is -3.17. The van der Waals surface area contributed by atoms with Gasteiger partial charge in [0.2, 0.25) is 15.9 Å². The van der Waals surface area contributed by atoms with E-state index in [1.165, 1.54) is 53.2 Å². The van der Waals surface area contributed by atoms with Crippen molar-refractivity contribution in [3.63, 3.8) is 0 Å². The van der Waals surface area contributed by atoms with Gasteiger partial charge in [-0.2, -0.15) is 4.31 Å². The van der Waals surface area contributed by atoms with Crippen LogP contribution in [0, 0.1) is 0 Å². The van der Waals surface area contributed by atoms with Crippen molar-refractivity contribution < 1.29 is 22.8 Å². The van der Waals surface area contributed by atoms with Crippen molar-refractivity contribution >= 4 is 141 Å². The van der Waals surface area contributed by atoms with Crippen molar-refractivity contribution in [2.75, 3.05) is 98.4 Å². The van der Waals surface area contributed by atoms with Crippen LogP contribution in [0.25, 0.3) is 43.6 Å². The number of fused-ring (bicyclic) bond motifs is 4. The Morgan fingerprint density at radius 3 is 1.31 bits per heavy atom. The summed E-state index contributed by atoms with van der Waals surface area (Å²) in [6.45, 7) is 9.80. The summed E-state index contributed by atoms with van der Waals surface area (Å²) in [6, 6.07) is 34.8. The first-order valence-electron chi connectivity index (χ1n) is 31.3. The second kappa shape index (κ2) is 24.9. The van der Waals surface area contributed by atoms with Gasteiger partial charge in [-0.25, -0.2) is 13.2 Å². The van der Waals surface area contributed by atoms with Gasteiger partial charge < -0.3 is 49.3 Å². The molecule has 0 atom stereocenters. The molecule has 0 radical (unpaired) electrons. The summed E-state index contributed by atoms with van der Waals surface area (Å²) >= 11 is 25.1. The second-order valence-corrected chi connectivity index (χ2v) is 29.1. The lowest BCUT2D eigenvalue weighted by Crippen LogP contribution is -2.66. The maximum atomic E-state index is 12.2. The molecule has 5 N–H and O–H groups in total. The van der Waals surface area contributed by atoms with Crippen LogP contribution in [0.3, 0.4) is 0 Å². The first kappa shape index (κ1) is 61.8. The third-order valence-electron chi connectivity index (χ3n) is 20.3. The standard InChI is InChI=1S/C19H19ClN2.C17H20ClN3O.C16H17ClN4O2.C16H20ClN3O2S/c20-16-12-18-17(6-9-21-18)19(13-16)22-10-7-15(8-11-22)14-4-2-1-3-5-14;1-12(22)21-8-7-20(11-17(21)4-2-5-17)16-10-13(18)9-15-14(16)3-6-19-15;1-20-15(23)19-14(22)16(20)3-6-21(7-4-16)13-9-10(17)8-12-11(13)2-5-18-12;1-23(21,22)20-8-7-19(11-16(20)4-2-5-16)15-10-12(17)9-14-13(15)3-6-18-14/h1-6,9,12-13,15,21H,7-8,10-11H2;3,6,9-10,19H,2,4-5,7-8,11H2,1H3;2,5,8-9,18H,3-4,6-7H2,1H3,(H,19,22,23);3,6,9-10,18H,2,4-5,7-8,11H2,1H3. The summed E-state index contributed by atoms with van der Waals surface area (Å²) in [5.41, 5.74) is 9.36. The molecule has 7 fully saturated rings. The highest BCUT2D eigenvalue weighted by atomic mass is 35.5. The molecule has 5 aromatic carbocycles. The molecule has 22 heteroatoms. The van der Waals surface area contributed by atoms with E-state index >= 15 is 0 Å². The number of carbonyl (C=O) groups is 3.